The van der Waals surface area contributed by atoms with Crippen molar-refractivity contribution in [1.82, 2.24) is 4.90 Å². The lowest BCUT2D eigenvalue weighted by Crippen LogP contribution is -2.37. The van der Waals surface area contributed by atoms with Gasteiger partial charge in [-0.15, -0.1) is 0 Å². The van der Waals surface area contributed by atoms with Crippen LogP contribution < -0.4 is 0 Å². The van der Waals surface area contributed by atoms with E-state index in [0.29, 0.717) is 25.8 Å². The highest BCUT2D eigenvalue weighted by atomic mass is 19.2. The maximum atomic E-state index is 13.2. The summed E-state index contributed by atoms with van der Waals surface area (Å²) >= 11 is 0. The fourth-order valence-electron chi connectivity index (χ4n) is 2.82. The van der Waals surface area contributed by atoms with Gasteiger partial charge in [-0.05, 0) is 31.0 Å². The van der Waals surface area contributed by atoms with E-state index in [4.69, 9.17) is 0 Å². The van der Waals surface area contributed by atoms with Gasteiger partial charge in [0.15, 0.2) is 11.6 Å². The predicted octanol–water partition coefficient (Wildman–Crippen LogP) is 2.68. The summed E-state index contributed by atoms with van der Waals surface area (Å²) in [6.07, 6.45) is 1.58. The van der Waals surface area contributed by atoms with Crippen LogP contribution in [0.15, 0.2) is 18.2 Å². The standard InChI is InChI=1S/C15H17F2NO3/c1-2-5-15(14(20)21)6-7-18(9-15)13(19)10-3-4-11(16)12(17)8-10/h3-4,8H,2,5-7,9H2,1H3,(H,20,21). The Hall–Kier alpha value is -1.98. The molecule has 1 atom stereocenters. The van der Waals surface area contributed by atoms with E-state index in [1.54, 1.807) is 0 Å². The molecular weight excluding hydrogens is 280 g/mol. The molecule has 114 valence electrons. The number of amides is 1. The monoisotopic (exact) mass is 297 g/mol. The van der Waals surface area contributed by atoms with Gasteiger partial charge in [0, 0.05) is 18.7 Å². The van der Waals surface area contributed by atoms with Crippen LogP contribution in [0.25, 0.3) is 0 Å². The molecule has 1 aliphatic rings. The van der Waals surface area contributed by atoms with Gasteiger partial charge in [-0.25, -0.2) is 8.78 Å². The molecular formula is C15H17F2NO3. The quantitative estimate of drug-likeness (QED) is 0.929. The van der Waals surface area contributed by atoms with Gasteiger partial charge in [-0.3, -0.25) is 9.59 Å². The van der Waals surface area contributed by atoms with Crippen LogP contribution in [0, 0.1) is 17.0 Å². The van der Waals surface area contributed by atoms with Crippen molar-refractivity contribution in [3.05, 3.63) is 35.4 Å². The van der Waals surface area contributed by atoms with Gasteiger partial charge < -0.3 is 10.0 Å². The molecule has 0 radical (unpaired) electrons. The molecule has 1 aromatic carbocycles. The van der Waals surface area contributed by atoms with Gasteiger partial charge in [0.05, 0.1) is 5.41 Å². The molecule has 2 rings (SSSR count). The molecule has 1 fully saturated rings. The maximum Gasteiger partial charge on any atom is 0.311 e. The van der Waals surface area contributed by atoms with Gasteiger partial charge in [-0.1, -0.05) is 13.3 Å². The number of halogens is 2. The number of carbonyl (C=O) groups excluding carboxylic acids is 1. The van der Waals surface area contributed by atoms with Crippen LogP contribution >= 0.6 is 0 Å². The average molecular weight is 297 g/mol. The van der Waals surface area contributed by atoms with Crippen molar-refractivity contribution in [3.63, 3.8) is 0 Å². The van der Waals surface area contributed by atoms with Gasteiger partial charge in [-0.2, -0.15) is 0 Å². The van der Waals surface area contributed by atoms with Gasteiger partial charge in [0.1, 0.15) is 0 Å². The molecule has 1 heterocycles. The number of carbonyl (C=O) groups is 2. The van der Waals surface area contributed by atoms with Gasteiger partial charge in [0.2, 0.25) is 0 Å². The second kappa shape index (κ2) is 5.79. The van der Waals surface area contributed by atoms with Gasteiger partial charge >= 0.3 is 5.97 Å². The zero-order valence-corrected chi connectivity index (χ0v) is 11.7. The maximum absolute atomic E-state index is 13.2. The summed E-state index contributed by atoms with van der Waals surface area (Å²) in [6.45, 7) is 2.31. The van der Waals surface area contributed by atoms with E-state index in [1.807, 2.05) is 6.92 Å². The smallest absolute Gasteiger partial charge is 0.311 e. The fraction of sp³-hybridized carbons (Fsp3) is 0.467. The van der Waals surface area contributed by atoms with Crippen molar-refractivity contribution in [2.45, 2.75) is 26.2 Å². The third-order valence-corrected chi connectivity index (χ3v) is 3.99. The molecule has 0 aliphatic carbocycles. The lowest BCUT2D eigenvalue weighted by atomic mass is 9.83. The van der Waals surface area contributed by atoms with E-state index in [1.165, 1.54) is 11.0 Å². The molecule has 1 saturated heterocycles. The first-order chi connectivity index (χ1) is 9.89. The van der Waals surface area contributed by atoms with E-state index in [2.05, 4.69) is 0 Å². The number of hydrogen-bond donors (Lipinski definition) is 1. The van der Waals surface area contributed by atoms with Crippen LogP contribution in [0.2, 0.25) is 0 Å². The SMILES string of the molecule is CCCC1(C(=O)O)CCN(C(=O)c2ccc(F)c(F)c2)C1. The number of nitrogens with zero attached hydrogens (tertiary/aromatic N) is 1. The van der Waals surface area contributed by atoms with Crippen molar-refractivity contribution >= 4 is 11.9 Å². The summed E-state index contributed by atoms with van der Waals surface area (Å²) in [4.78, 5) is 25.1. The van der Waals surface area contributed by atoms with Crippen molar-refractivity contribution in [3.8, 4) is 0 Å². The molecule has 1 N–H and O–H groups in total. The highest BCUT2D eigenvalue weighted by molar-refractivity contribution is 5.95. The molecule has 1 aliphatic heterocycles. The Morgan fingerprint density at radius 2 is 2.05 bits per heavy atom. The Bertz CT molecular complexity index is 576. The Morgan fingerprint density at radius 3 is 2.62 bits per heavy atom. The first-order valence-corrected chi connectivity index (χ1v) is 6.87. The van der Waals surface area contributed by atoms with Crippen molar-refractivity contribution in [2.75, 3.05) is 13.1 Å². The minimum Gasteiger partial charge on any atom is -0.481 e. The molecule has 0 saturated carbocycles. The third-order valence-electron chi connectivity index (χ3n) is 3.99. The topological polar surface area (TPSA) is 57.6 Å². The lowest BCUT2D eigenvalue weighted by molar-refractivity contribution is -0.148. The van der Waals surface area contributed by atoms with Crippen LogP contribution in [0.5, 0.6) is 0 Å². The summed E-state index contributed by atoms with van der Waals surface area (Å²) < 4.78 is 26.1. The number of hydrogen-bond acceptors (Lipinski definition) is 2. The summed E-state index contributed by atoms with van der Waals surface area (Å²) in [5.74, 6) is -3.48. The van der Waals surface area contributed by atoms with Crippen LogP contribution in [-0.4, -0.2) is 35.0 Å². The zero-order valence-electron chi connectivity index (χ0n) is 11.7. The molecule has 21 heavy (non-hydrogen) atoms. The molecule has 0 spiro atoms. The number of benzene rings is 1. The molecule has 0 bridgehead atoms. The molecule has 1 unspecified atom stereocenters. The van der Waals surface area contributed by atoms with E-state index < -0.39 is 28.9 Å². The highest BCUT2D eigenvalue weighted by Crippen LogP contribution is 2.36. The molecule has 6 heteroatoms. The minimum absolute atomic E-state index is 0.0339. The van der Waals surface area contributed by atoms with Gasteiger partial charge in [0.25, 0.3) is 5.91 Å². The normalized spacial score (nSPS) is 21.6. The van der Waals surface area contributed by atoms with E-state index in [9.17, 15) is 23.5 Å². The lowest BCUT2D eigenvalue weighted by Gasteiger charge is -2.24. The molecule has 0 aromatic heterocycles. The van der Waals surface area contributed by atoms with E-state index in [0.717, 1.165) is 12.1 Å². The summed E-state index contributed by atoms with van der Waals surface area (Å²) in [5.41, 5.74) is -0.894. The summed E-state index contributed by atoms with van der Waals surface area (Å²) in [6, 6.07) is 2.95. The summed E-state index contributed by atoms with van der Waals surface area (Å²) in [7, 11) is 0. The highest BCUT2D eigenvalue weighted by Gasteiger charge is 2.45. The minimum atomic E-state index is -1.09. The fourth-order valence-corrected chi connectivity index (χ4v) is 2.82. The number of aliphatic carboxylic acids is 1. The van der Waals surface area contributed by atoms with Crippen molar-refractivity contribution in [1.29, 1.82) is 0 Å². The zero-order chi connectivity index (χ0) is 15.6. The summed E-state index contributed by atoms with van der Waals surface area (Å²) in [5, 5.41) is 9.40. The number of carboxylic acids is 1. The molecule has 1 amide bonds. The first-order valence-electron chi connectivity index (χ1n) is 6.87. The van der Waals surface area contributed by atoms with E-state index in [-0.39, 0.29) is 12.1 Å². The second-order valence-electron chi connectivity index (χ2n) is 5.44. The third kappa shape index (κ3) is 2.89. The van der Waals surface area contributed by atoms with Crippen LogP contribution in [0.3, 0.4) is 0 Å². The predicted molar refractivity (Wildman–Crippen MR) is 71.9 cm³/mol. The Labute approximate surface area is 121 Å². The molecule has 1 aromatic rings. The number of carboxylic acid groups (broad SMARTS) is 1. The Balaban J connectivity index is 2.18. The molecule has 4 nitrogen and oxygen atoms in total. The van der Waals surface area contributed by atoms with Crippen LogP contribution in [0.1, 0.15) is 36.5 Å². The number of rotatable bonds is 4. The van der Waals surface area contributed by atoms with Crippen molar-refractivity contribution in [2.24, 2.45) is 5.41 Å². The first kappa shape index (κ1) is 15.4. The van der Waals surface area contributed by atoms with E-state index >= 15 is 0 Å². The van der Waals surface area contributed by atoms with Crippen LogP contribution in [-0.2, 0) is 4.79 Å². The number of likely N-dealkylation sites (tertiary alicyclic amines) is 1. The van der Waals surface area contributed by atoms with Crippen LogP contribution in [0.4, 0.5) is 8.78 Å². The Morgan fingerprint density at radius 1 is 1.33 bits per heavy atom. The van der Waals surface area contributed by atoms with Crippen molar-refractivity contribution < 1.29 is 23.5 Å². The average Bonchev–Trinajstić information content (AvgIpc) is 2.87. The largest absolute Gasteiger partial charge is 0.481 e. The second-order valence-corrected chi connectivity index (χ2v) is 5.44. The Kier molecular flexibility index (Phi) is 4.25.